The SMILES string of the molecule is COc1ccc(I(Cl)c2ccc(OC)cc2)cc1. The Labute approximate surface area is 118 Å². The molecule has 0 aliphatic heterocycles. The molecule has 2 aromatic rings. The summed E-state index contributed by atoms with van der Waals surface area (Å²) in [5.41, 5.74) is 0. The number of benzene rings is 2. The zero-order valence-electron chi connectivity index (χ0n) is 10.2. The zero-order valence-corrected chi connectivity index (χ0v) is 13.1. The molecule has 0 aliphatic carbocycles. The van der Waals surface area contributed by atoms with Crippen molar-refractivity contribution in [2.24, 2.45) is 0 Å². The molecule has 0 radical (unpaired) electrons. The summed E-state index contributed by atoms with van der Waals surface area (Å²) in [7, 11) is 9.92. The van der Waals surface area contributed by atoms with Gasteiger partial charge in [0.2, 0.25) is 0 Å². The van der Waals surface area contributed by atoms with Crippen molar-refractivity contribution in [3.05, 3.63) is 55.7 Å². The predicted octanol–water partition coefficient (Wildman–Crippen LogP) is 4.40. The maximum absolute atomic E-state index is 6.60. The minimum atomic E-state index is -1.81. The molecule has 18 heavy (non-hydrogen) atoms. The molecule has 0 bridgehead atoms. The number of rotatable bonds is 4. The van der Waals surface area contributed by atoms with Gasteiger partial charge in [0.05, 0.1) is 0 Å². The molecule has 0 unspecified atom stereocenters. The van der Waals surface area contributed by atoms with Crippen molar-refractivity contribution in [1.82, 2.24) is 0 Å². The molecule has 2 rings (SSSR count). The number of halogens is 2. The van der Waals surface area contributed by atoms with E-state index >= 15 is 0 Å². The number of hydrogen-bond acceptors (Lipinski definition) is 2. The molecule has 0 aromatic heterocycles. The normalized spacial score (nSPS) is 10.9. The van der Waals surface area contributed by atoms with Crippen LogP contribution in [0.25, 0.3) is 0 Å². The molecule has 0 saturated carbocycles. The molecule has 2 nitrogen and oxygen atoms in total. The topological polar surface area (TPSA) is 18.5 Å². The van der Waals surface area contributed by atoms with E-state index in [9.17, 15) is 0 Å². The quantitative estimate of drug-likeness (QED) is 0.736. The van der Waals surface area contributed by atoms with E-state index in [0.29, 0.717) is 0 Å². The first-order valence-electron chi connectivity index (χ1n) is 5.39. The first-order chi connectivity index (χ1) is 8.74. The van der Waals surface area contributed by atoms with E-state index in [1.807, 2.05) is 48.5 Å². The number of methoxy groups -OCH3 is 2. The Morgan fingerprint density at radius 2 is 1.06 bits per heavy atom. The molecule has 0 amide bonds. The number of ether oxygens (including phenoxy) is 2. The van der Waals surface area contributed by atoms with Gasteiger partial charge in [-0.1, -0.05) is 0 Å². The first kappa shape index (κ1) is 13.5. The molecule has 0 N–H and O–H groups in total. The molecule has 4 heteroatoms. The Hall–Kier alpha value is -0.940. The van der Waals surface area contributed by atoms with Crippen LogP contribution in [-0.4, -0.2) is 14.2 Å². The van der Waals surface area contributed by atoms with Crippen LogP contribution in [0.2, 0.25) is 0 Å². The Kier molecular flexibility index (Phi) is 4.72. The van der Waals surface area contributed by atoms with Gasteiger partial charge in [-0.2, -0.15) is 0 Å². The van der Waals surface area contributed by atoms with Crippen molar-refractivity contribution in [1.29, 1.82) is 0 Å². The number of hydrogen-bond donors (Lipinski definition) is 0. The van der Waals surface area contributed by atoms with E-state index in [2.05, 4.69) is 0 Å². The minimum absolute atomic E-state index is 0.856. The van der Waals surface area contributed by atoms with Crippen LogP contribution in [0.3, 0.4) is 0 Å². The Bertz CT molecular complexity index is 449. The van der Waals surface area contributed by atoms with E-state index in [1.54, 1.807) is 14.2 Å². The van der Waals surface area contributed by atoms with Crippen molar-refractivity contribution in [3.8, 4) is 11.5 Å². The van der Waals surface area contributed by atoms with Crippen LogP contribution in [0.5, 0.6) is 11.5 Å². The van der Waals surface area contributed by atoms with Gasteiger partial charge < -0.3 is 0 Å². The van der Waals surface area contributed by atoms with Crippen molar-refractivity contribution in [2.75, 3.05) is 14.2 Å². The third-order valence-corrected chi connectivity index (χ3v) is 8.32. The predicted molar refractivity (Wildman–Crippen MR) is 83.3 cm³/mol. The van der Waals surface area contributed by atoms with Gasteiger partial charge in [0, 0.05) is 0 Å². The zero-order chi connectivity index (χ0) is 13.0. The van der Waals surface area contributed by atoms with Gasteiger partial charge in [-0.3, -0.25) is 0 Å². The summed E-state index contributed by atoms with van der Waals surface area (Å²) in [6.07, 6.45) is 0. The van der Waals surface area contributed by atoms with Gasteiger partial charge in [-0.05, 0) is 0 Å². The van der Waals surface area contributed by atoms with Crippen molar-refractivity contribution >= 4 is 27.6 Å². The average Bonchev–Trinajstić information content (AvgIpc) is 2.47. The fraction of sp³-hybridized carbons (Fsp3) is 0.143. The Morgan fingerprint density at radius 1 is 0.722 bits per heavy atom. The molecule has 0 atom stereocenters. The van der Waals surface area contributed by atoms with Crippen LogP contribution in [0.15, 0.2) is 48.5 Å². The van der Waals surface area contributed by atoms with Crippen molar-refractivity contribution in [2.45, 2.75) is 0 Å². The summed E-state index contributed by atoms with van der Waals surface area (Å²) in [6, 6.07) is 16.0. The van der Waals surface area contributed by atoms with Crippen LogP contribution in [0, 0.1) is 7.14 Å². The third-order valence-electron chi connectivity index (χ3n) is 2.48. The van der Waals surface area contributed by atoms with Crippen LogP contribution >= 0.6 is 27.6 Å². The third kappa shape index (κ3) is 3.09. The second-order valence-electron chi connectivity index (χ2n) is 3.55. The van der Waals surface area contributed by atoms with Gasteiger partial charge in [0.25, 0.3) is 0 Å². The molecule has 0 spiro atoms. The summed E-state index contributed by atoms with van der Waals surface area (Å²) < 4.78 is 12.7. The molecule has 0 fully saturated rings. The van der Waals surface area contributed by atoms with E-state index in [0.717, 1.165) is 11.5 Å². The molecular formula is C14H14ClIO2. The second kappa shape index (κ2) is 6.29. The van der Waals surface area contributed by atoms with E-state index in [4.69, 9.17) is 18.4 Å². The average molecular weight is 377 g/mol. The van der Waals surface area contributed by atoms with Crippen LogP contribution in [0.1, 0.15) is 0 Å². The first-order valence-corrected chi connectivity index (χ1v) is 10.3. The maximum atomic E-state index is 6.60. The van der Waals surface area contributed by atoms with Gasteiger partial charge in [0.1, 0.15) is 0 Å². The molecule has 0 aliphatic rings. The standard InChI is InChI=1S/C14H14ClIO2/c1-17-13-7-3-11(4-8-13)16(15)12-5-9-14(18-2)10-6-12/h3-10H,1-2H3. The van der Waals surface area contributed by atoms with Gasteiger partial charge in [0.15, 0.2) is 0 Å². The summed E-state index contributed by atoms with van der Waals surface area (Å²) in [6.45, 7) is 0. The van der Waals surface area contributed by atoms with Gasteiger partial charge in [-0.15, -0.1) is 0 Å². The van der Waals surface area contributed by atoms with Gasteiger partial charge in [-0.25, -0.2) is 0 Å². The van der Waals surface area contributed by atoms with Gasteiger partial charge >= 0.3 is 118 Å². The van der Waals surface area contributed by atoms with E-state index in [1.165, 1.54) is 7.14 Å². The fourth-order valence-corrected chi connectivity index (χ4v) is 5.47. The van der Waals surface area contributed by atoms with Crippen molar-refractivity contribution in [3.63, 3.8) is 0 Å². The Morgan fingerprint density at radius 3 is 1.33 bits per heavy atom. The molecule has 0 heterocycles. The van der Waals surface area contributed by atoms with E-state index < -0.39 is 18.7 Å². The van der Waals surface area contributed by atoms with Crippen LogP contribution in [-0.2, 0) is 0 Å². The molecule has 2 aromatic carbocycles. The molecular weight excluding hydrogens is 363 g/mol. The monoisotopic (exact) mass is 376 g/mol. The summed E-state index contributed by atoms with van der Waals surface area (Å²) in [4.78, 5) is 0. The molecule has 96 valence electrons. The second-order valence-corrected chi connectivity index (χ2v) is 9.32. The van der Waals surface area contributed by atoms with Crippen LogP contribution < -0.4 is 9.47 Å². The summed E-state index contributed by atoms with van der Waals surface area (Å²) in [5.74, 6) is 1.71. The summed E-state index contributed by atoms with van der Waals surface area (Å²) in [5, 5.41) is 0. The van der Waals surface area contributed by atoms with Crippen molar-refractivity contribution < 1.29 is 9.47 Å². The molecule has 0 saturated heterocycles. The van der Waals surface area contributed by atoms with E-state index in [-0.39, 0.29) is 0 Å². The van der Waals surface area contributed by atoms with Crippen LogP contribution in [0.4, 0.5) is 0 Å². The Balaban J connectivity index is 2.20. The fourth-order valence-electron chi connectivity index (χ4n) is 1.49. The summed E-state index contributed by atoms with van der Waals surface area (Å²) >= 11 is -1.81.